The third-order valence-corrected chi connectivity index (χ3v) is 5.25. The van der Waals surface area contributed by atoms with Crippen molar-refractivity contribution in [1.82, 2.24) is 19.5 Å². The predicted octanol–water partition coefficient (Wildman–Crippen LogP) is 2.88. The summed E-state index contributed by atoms with van der Waals surface area (Å²) in [5.74, 6) is 0.126. The highest BCUT2D eigenvalue weighted by Gasteiger charge is 2.22. The molecule has 0 radical (unpaired) electrons. The van der Waals surface area contributed by atoms with E-state index in [9.17, 15) is 4.79 Å². The first kappa shape index (κ1) is 19.3. The smallest absolute Gasteiger partial charge is 0.222 e. The molecule has 0 spiro atoms. The lowest BCUT2D eigenvalue weighted by atomic mass is 9.93. The van der Waals surface area contributed by atoms with Gasteiger partial charge >= 0.3 is 0 Å². The van der Waals surface area contributed by atoms with Crippen LogP contribution in [0.1, 0.15) is 37.2 Å². The summed E-state index contributed by atoms with van der Waals surface area (Å²) in [5.41, 5.74) is 10.6. The lowest BCUT2D eigenvalue weighted by molar-refractivity contribution is -0.131. The molecule has 3 aromatic rings. The monoisotopic (exact) mass is 367 g/mol. The summed E-state index contributed by atoms with van der Waals surface area (Å²) in [5, 5.41) is 5.73. The topological polar surface area (TPSA) is 76.5 Å². The van der Waals surface area contributed by atoms with Gasteiger partial charge in [-0.3, -0.25) is 4.79 Å². The SMILES string of the molecule is Cc1nc2c3ccccc3nn2c(C)c1CCC(=O)N(C)CC(C)(C)CN. The van der Waals surface area contributed by atoms with E-state index >= 15 is 0 Å². The van der Waals surface area contributed by atoms with Gasteiger partial charge in [0.2, 0.25) is 5.91 Å². The van der Waals surface area contributed by atoms with Gasteiger partial charge in [-0.15, -0.1) is 0 Å². The maximum Gasteiger partial charge on any atom is 0.222 e. The maximum absolute atomic E-state index is 12.6. The van der Waals surface area contributed by atoms with Crippen LogP contribution < -0.4 is 5.73 Å². The summed E-state index contributed by atoms with van der Waals surface area (Å²) < 4.78 is 1.90. The molecule has 0 aliphatic rings. The molecule has 3 rings (SSSR count). The molecular formula is C21H29N5O. The fourth-order valence-corrected chi connectivity index (χ4v) is 3.56. The Kier molecular flexibility index (Phi) is 5.20. The van der Waals surface area contributed by atoms with E-state index in [1.807, 2.05) is 42.8 Å². The van der Waals surface area contributed by atoms with Gasteiger partial charge in [-0.2, -0.15) is 5.10 Å². The van der Waals surface area contributed by atoms with Gasteiger partial charge in [-0.1, -0.05) is 26.0 Å². The predicted molar refractivity (Wildman–Crippen MR) is 109 cm³/mol. The van der Waals surface area contributed by atoms with Gasteiger partial charge in [-0.25, -0.2) is 9.50 Å². The maximum atomic E-state index is 12.6. The van der Waals surface area contributed by atoms with Crippen molar-refractivity contribution in [3.63, 3.8) is 0 Å². The van der Waals surface area contributed by atoms with Crippen molar-refractivity contribution in [2.24, 2.45) is 11.1 Å². The first-order valence-corrected chi connectivity index (χ1v) is 9.41. The van der Waals surface area contributed by atoms with Gasteiger partial charge in [0.15, 0.2) is 5.65 Å². The lowest BCUT2D eigenvalue weighted by Crippen LogP contribution is -2.39. The fourth-order valence-electron chi connectivity index (χ4n) is 3.56. The molecule has 0 bridgehead atoms. The number of hydrogen-bond donors (Lipinski definition) is 1. The molecule has 2 aromatic heterocycles. The molecule has 0 saturated heterocycles. The number of amides is 1. The van der Waals surface area contributed by atoms with Crippen LogP contribution in [0.5, 0.6) is 0 Å². The van der Waals surface area contributed by atoms with E-state index in [1.54, 1.807) is 4.90 Å². The van der Waals surface area contributed by atoms with E-state index in [2.05, 4.69) is 25.9 Å². The first-order chi connectivity index (χ1) is 12.7. The van der Waals surface area contributed by atoms with Crippen LogP contribution in [0.2, 0.25) is 0 Å². The van der Waals surface area contributed by atoms with E-state index in [4.69, 9.17) is 10.7 Å². The van der Waals surface area contributed by atoms with Crippen molar-refractivity contribution >= 4 is 22.5 Å². The number of nitrogens with zero attached hydrogens (tertiary/aromatic N) is 4. The molecule has 6 nitrogen and oxygen atoms in total. The average Bonchev–Trinajstić information content (AvgIpc) is 3.00. The van der Waals surface area contributed by atoms with Gasteiger partial charge in [0.1, 0.15) is 0 Å². The Hall–Kier alpha value is -2.47. The first-order valence-electron chi connectivity index (χ1n) is 9.41. The molecule has 144 valence electrons. The number of benzene rings is 1. The highest BCUT2D eigenvalue weighted by atomic mass is 16.2. The Balaban J connectivity index is 1.83. The Morgan fingerprint density at radius 3 is 2.67 bits per heavy atom. The van der Waals surface area contributed by atoms with Crippen LogP contribution in [0, 0.1) is 19.3 Å². The lowest BCUT2D eigenvalue weighted by Gasteiger charge is -2.29. The van der Waals surface area contributed by atoms with Crippen LogP contribution in [-0.2, 0) is 11.2 Å². The Bertz CT molecular complexity index is 989. The second-order valence-corrected chi connectivity index (χ2v) is 8.13. The average molecular weight is 367 g/mol. The van der Waals surface area contributed by atoms with E-state index in [1.165, 1.54) is 0 Å². The second kappa shape index (κ2) is 7.27. The molecule has 0 atom stereocenters. The highest BCUT2D eigenvalue weighted by Crippen LogP contribution is 2.23. The Morgan fingerprint density at radius 1 is 1.26 bits per heavy atom. The van der Waals surface area contributed by atoms with Crippen LogP contribution >= 0.6 is 0 Å². The van der Waals surface area contributed by atoms with Crippen molar-refractivity contribution in [3.8, 4) is 0 Å². The van der Waals surface area contributed by atoms with Crippen LogP contribution in [0.4, 0.5) is 0 Å². The number of aryl methyl sites for hydroxylation is 2. The quantitative estimate of drug-likeness (QED) is 0.727. The largest absolute Gasteiger partial charge is 0.345 e. The zero-order valence-electron chi connectivity index (χ0n) is 16.9. The van der Waals surface area contributed by atoms with Crippen LogP contribution in [0.3, 0.4) is 0 Å². The van der Waals surface area contributed by atoms with Gasteiger partial charge in [-0.05, 0) is 49.9 Å². The number of carbonyl (C=O) groups is 1. The normalized spacial score (nSPS) is 12.1. The second-order valence-electron chi connectivity index (χ2n) is 8.13. The van der Waals surface area contributed by atoms with Crippen LogP contribution in [-0.4, -0.2) is 45.5 Å². The van der Waals surface area contributed by atoms with Gasteiger partial charge < -0.3 is 10.6 Å². The van der Waals surface area contributed by atoms with E-state index in [-0.39, 0.29) is 11.3 Å². The van der Waals surface area contributed by atoms with Crippen molar-refractivity contribution in [2.45, 2.75) is 40.5 Å². The zero-order valence-corrected chi connectivity index (χ0v) is 16.9. The molecular weight excluding hydrogens is 338 g/mol. The molecule has 6 heteroatoms. The molecule has 0 aliphatic carbocycles. The number of carbonyl (C=O) groups excluding carboxylic acids is 1. The highest BCUT2D eigenvalue weighted by molar-refractivity contribution is 5.92. The molecule has 0 fully saturated rings. The van der Waals surface area contributed by atoms with E-state index in [0.29, 0.717) is 25.9 Å². The van der Waals surface area contributed by atoms with E-state index < -0.39 is 0 Å². The van der Waals surface area contributed by atoms with Crippen molar-refractivity contribution in [3.05, 3.63) is 41.2 Å². The van der Waals surface area contributed by atoms with E-state index in [0.717, 1.165) is 33.5 Å². The molecule has 0 aliphatic heterocycles. The van der Waals surface area contributed by atoms with Crippen LogP contribution in [0.25, 0.3) is 16.6 Å². The summed E-state index contributed by atoms with van der Waals surface area (Å²) in [6, 6.07) is 8.02. The third-order valence-electron chi connectivity index (χ3n) is 5.25. The number of fused-ring (bicyclic) bond motifs is 3. The van der Waals surface area contributed by atoms with Crippen LogP contribution in [0.15, 0.2) is 24.3 Å². The fraction of sp³-hybridized carbons (Fsp3) is 0.476. The minimum atomic E-state index is -0.0775. The van der Waals surface area contributed by atoms with Crippen molar-refractivity contribution in [2.75, 3.05) is 20.1 Å². The molecule has 2 heterocycles. The standard InChI is InChI=1S/C21H29N5O/c1-14-16(10-11-19(27)25(5)13-21(3,4)12-22)15(2)26-20(23-14)17-8-6-7-9-18(17)24-26/h6-9H,10-13,22H2,1-5H3. The molecule has 0 saturated carbocycles. The van der Waals surface area contributed by atoms with Gasteiger partial charge in [0.25, 0.3) is 0 Å². The molecule has 1 aromatic carbocycles. The molecule has 0 unspecified atom stereocenters. The summed E-state index contributed by atoms with van der Waals surface area (Å²) in [6.07, 6.45) is 1.11. The van der Waals surface area contributed by atoms with Crippen molar-refractivity contribution < 1.29 is 4.79 Å². The minimum absolute atomic E-state index is 0.0775. The number of aromatic nitrogens is 3. The summed E-state index contributed by atoms with van der Waals surface area (Å²) >= 11 is 0. The number of nitrogens with two attached hydrogens (primary N) is 1. The molecule has 1 amide bonds. The Morgan fingerprint density at radius 2 is 1.96 bits per heavy atom. The summed E-state index contributed by atoms with van der Waals surface area (Å²) in [7, 11) is 1.85. The molecule has 2 N–H and O–H groups in total. The summed E-state index contributed by atoms with van der Waals surface area (Å²) in [6.45, 7) is 9.42. The van der Waals surface area contributed by atoms with Crippen molar-refractivity contribution in [1.29, 1.82) is 0 Å². The number of rotatable bonds is 6. The number of hydrogen-bond acceptors (Lipinski definition) is 4. The summed E-state index contributed by atoms with van der Waals surface area (Å²) in [4.78, 5) is 19.1. The van der Waals surface area contributed by atoms with Gasteiger partial charge in [0.05, 0.1) is 5.52 Å². The zero-order chi connectivity index (χ0) is 19.8. The molecule has 27 heavy (non-hydrogen) atoms. The minimum Gasteiger partial charge on any atom is -0.345 e. The van der Waals surface area contributed by atoms with Gasteiger partial charge in [0, 0.05) is 36.8 Å². The third kappa shape index (κ3) is 3.81. The Labute approximate surface area is 160 Å².